The van der Waals surface area contributed by atoms with Gasteiger partial charge in [0.05, 0.1) is 12.1 Å². The highest BCUT2D eigenvalue weighted by Crippen LogP contribution is 2.22. The summed E-state index contributed by atoms with van der Waals surface area (Å²) in [5.74, 6) is -1.28. The Kier molecular flexibility index (Phi) is 15.7. The summed E-state index contributed by atoms with van der Waals surface area (Å²) in [7, 11) is -1.06. The standard InChI is InChI=1S/C36H55N7O5S/c1-26(2)22-30(33(44)24-29(16-10-11-17-37)35(46)43-18-20-49(39,48)21-19-43)40-34(45)31(23-27-12-6-4-7-13-27)41-36(47)42(3)32(25-38)28-14-8-5-9-15-28/h4-9,12-15,26,29-32,39H,10-11,16-25,37-38H2,1-3H3,(H,40,45)(H,41,47)/t29-,30+,31+,32?/m0/s1. The van der Waals surface area contributed by atoms with Crippen molar-refractivity contribution in [1.82, 2.24) is 20.4 Å². The topological polar surface area (TPSA) is 192 Å². The Bertz CT molecular complexity index is 1460. The summed E-state index contributed by atoms with van der Waals surface area (Å²) in [4.78, 5) is 58.2. The predicted molar refractivity (Wildman–Crippen MR) is 193 cm³/mol. The quantitative estimate of drug-likeness (QED) is 0.148. The van der Waals surface area contributed by atoms with Gasteiger partial charge in [0.15, 0.2) is 5.78 Å². The largest absolute Gasteiger partial charge is 0.344 e. The molecular formula is C36H55N7O5S. The first-order chi connectivity index (χ1) is 23.3. The Balaban J connectivity index is 1.81. The average Bonchev–Trinajstić information content (AvgIpc) is 3.08. The SMILES string of the molecule is CC(C)C[C@@H](NC(=O)[C@@H](Cc1ccccc1)NC(=O)N(C)C(CN)c1ccccc1)C(=O)C[C@H](CCCCN)C(=O)N1CCS(=N)(=O)CC1. The lowest BCUT2D eigenvalue weighted by Gasteiger charge is -2.32. The molecule has 1 aliphatic rings. The van der Waals surface area contributed by atoms with Gasteiger partial charge in [-0.15, -0.1) is 0 Å². The molecule has 3 rings (SSSR count). The van der Waals surface area contributed by atoms with Crippen LogP contribution in [0.2, 0.25) is 0 Å². The van der Waals surface area contributed by atoms with E-state index >= 15 is 0 Å². The number of amides is 4. The van der Waals surface area contributed by atoms with Gasteiger partial charge in [-0.2, -0.15) is 0 Å². The van der Waals surface area contributed by atoms with Gasteiger partial charge in [0, 0.05) is 66.7 Å². The van der Waals surface area contributed by atoms with E-state index in [2.05, 4.69) is 10.6 Å². The predicted octanol–water partition coefficient (Wildman–Crippen LogP) is 3.06. The second-order valence-corrected chi connectivity index (χ2v) is 15.8. The summed E-state index contributed by atoms with van der Waals surface area (Å²) in [6.45, 7) is 5.00. The number of rotatable bonds is 18. The molecule has 1 saturated heterocycles. The molecule has 12 nitrogen and oxygen atoms in total. The Labute approximate surface area is 291 Å². The number of carbonyl (C=O) groups is 4. The molecule has 2 aromatic rings. The summed E-state index contributed by atoms with van der Waals surface area (Å²) < 4.78 is 20.1. The van der Waals surface area contributed by atoms with Crippen LogP contribution in [0.15, 0.2) is 60.7 Å². The van der Waals surface area contributed by atoms with Gasteiger partial charge >= 0.3 is 6.03 Å². The van der Waals surface area contributed by atoms with Crippen molar-refractivity contribution in [3.05, 3.63) is 71.8 Å². The zero-order valence-corrected chi connectivity index (χ0v) is 30.0. The first kappa shape index (κ1) is 39.6. The van der Waals surface area contributed by atoms with Crippen LogP contribution in [0.1, 0.15) is 63.1 Å². The molecule has 270 valence electrons. The maximum absolute atomic E-state index is 14.0. The van der Waals surface area contributed by atoms with Crippen LogP contribution in [-0.2, 0) is 30.5 Å². The third-order valence-electron chi connectivity index (χ3n) is 9.00. The molecule has 0 spiro atoms. The Hall–Kier alpha value is -3.81. The number of ketones is 1. The molecule has 1 fully saturated rings. The van der Waals surface area contributed by atoms with Crippen LogP contribution in [0.5, 0.6) is 0 Å². The van der Waals surface area contributed by atoms with Crippen molar-refractivity contribution in [1.29, 1.82) is 4.78 Å². The molecule has 0 saturated carbocycles. The molecule has 49 heavy (non-hydrogen) atoms. The molecule has 0 aromatic heterocycles. The van der Waals surface area contributed by atoms with Gasteiger partial charge in [0.1, 0.15) is 6.04 Å². The molecule has 0 radical (unpaired) electrons. The molecule has 2 aromatic carbocycles. The van der Waals surface area contributed by atoms with E-state index in [1.165, 1.54) is 4.90 Å². The number of nitrogens with two attached hydrogens (primary N) is 2. The van der Waals surface area contributed by atoms with Gasteiger partial charge in [-0.25, -0.2) is 9.00 Å². The number of benzene rings is 2. The van der Waals surface area contributed by atoms with E-state index in [1.54, 1.807) is 11.9 Å². The van der Waals surface area contributed by atoms with E-state index in [-0.39, 0.29) is 61.6 Å². The van der Waals surface area contributed by atoms with E-state index < -0.39 is 45.7 Å². The highest BCUT2D eigenvalue weighted by molar-refractivity contribution is 7.92. The number of nitrogens with one attached hydrogen (secondary N) is 3. The van der Waals surface area contributed by atoms with Gasteiger partial charge in [-0.05, 0) is 42.9 Å². The lowest BCUT2D eigenvalue weighted by Crippen LogP contribution is -2.55. The molecule has 0 aliphatic carbocycles. The fraction of sp³-hybridized carbons (Fsp3) is 0.556. The Morgan fingerprint density at radius 1 is 0.918 bits per heavy atom. The first-order valence-electron chi connectivity index (χ1n) is 17.2. The Morgan fingerprint density at radius 3 is 2.10 bits per heavy atom. The van der Waals surface area contributed by atoms with Crippen LogP contribution >= 0.6 is 0 Å². The van der Waals surface area contributed by atoms with E-state index in [0.29, 0.717) is 32.2 Å². The number of hydrogen-bond donors (Lipinski definition) is 5. The van der Waals surface area contributed by atoms with Crippen molar-refractivity contribution in [3.63, 3.8) is 0 Å². The Morgan fingerprint density at radius 2 is 1.53 bits per heavy atom. The summed E-state index contributed by atoms with van der Waals surface area (Å²) >= 11 is 0. The molecule has 4 amide bonds. The van der Waals surface area contributed by atoms with Gasteiger partial charge in [0.2, 0.25) is 11.8 Å². The lowest BCUT2D eigenvalue weighted by atomic mass is 9.89. The van der Waals surface area contributed by atoms with Gasteiger partial charge < -0.3 is 31.9 Å². The second kappa shape index (κ2) is 19.4. The van der Waals surface area contributed by atoms with Crippen molar-refractivity contribution in [2.45, 2.75) is 70.5 Å². The van der Waals surface area contributed by atoms with Crippen LogP contribution < -0.4 is 22.1 Å². The zero-order chi connectivity index (χ0) is 36.0. The minimum absolute atomic E-state index is 0.0532. The highest BCUT2D eigenvalue weighted by Gasteiger charge is 2.34. The zero-order valence-electron chi connectivity index (χ0n) is 29.1. The summed E-state index contributed by atoms with van der Waals surface area (Å²) in [5, 5.41) is 5.82. The van der Waals surface area contributed by atoms with E-state index in [0.717, 1.165) is 11.1 Å². The fourth-order valence-corrected chi connectivity index (χ4v) is 7.33. The highest BCUT2D eigenvalue weighted by atomic mass is 32.2. The summed E-state index contributed by atoms with van der Waals surface area (Å²) in [6.07, 6.45) is 2.31. The van der Waals surface area contributed by atoms with Crippen LogP contribution in [0.25, 0.3) is 0 Å². The molecule has 1 heterocycles. The molecule has 13 heteroatoms. The van der Waals surface area contributed by atoms with Crippen molar-refractivity contribution in [2.24, 2.45) is 23.3 Å². The van der Waals surface area contributed by atoms with E-state index in [4.69, 9.17) is 16.2 Å². The molecule has 0 bridgehead atoms. The van der Waals surface area contributed by atoms with Crippen molar-refractivity contribution < 1.29 is 23.4 Å². The van der Waals surface area contributed by atoms with Crippen LogP contribution in [0, 0.1) is 16.6 Å². The third kappa shape index (κ3) is 12.5. The van der Waals surface area contributed by atoms with Crippen molar-refractivity contribution in [3.8, 4) is 0 Å². The average molecular weight is 698 g/mol. The summed E-state index contributed by atoms with van der Waals surface area (Å²) in [6, 6.07) is 16.0. The van der Waals surface area contributed by atoms with Crippen molar-refractivity contribution in [2.75, 3.05) is 44.7 Å². The fourth-order valence-electron chi connectivity index (χ4n) is 6.10. The minimum Gasteiger partial charge on any atom is -0.344 e. The first-order valence-corrected chi connectivity index (χ1v) is 19.1. The monoisotopic (exact) mass is 697 g/mol. The maximum atomic E-state index is 14.0. The van der Waals surface area contributed by atoms with Crippen LogP contribution in [0.3, 0.4) is 0 Å². The molecule has 1 unspecified atom stereocenters. The number of hydrogen-bond acceptors (Lipinski definition) is 8. The van der Waals surface area contributed by atoms with Crippen molar-refractivity contribution >= 4 is 33.4 Å². The molecule has 7 N–H and O–H groups in total. The number of likely N-dealkylation sites (N-methyl/N-ethyl adjacent to an activating group) is 1. The molecule has 4 atom stereocenters. The third-order valence-corrected chi connectivity index (χ3v) is 10.7. The van der Waals surface area contributed by atoms with E-state index in [1.807, 2.05) is 74.5 Å². The van der Waals surface area contributed by atoms with E-state index in [9.17, 15) is 23.4 Å². The smallest absolute Gasteiger partial charge is 0.318 e. The minimum atomic E-state index is -2.69. The lowest BCUT2D eigenvalue weighted by molar-refractivity contribution is -0.138. The molecule has 1 aliphatic heterocycles. The number of unbranched alkanes of at least 4 members (excludes halogenated alkanes) is 1. The molecular weight excluding hydrogens is 643 g/mol. The van der Waals surface area contributed by atoms with Crippen LogP contribution in [0.4, 0.5) is 4.79 Å². The van der Waals surface area contributed by atoms with Crippen LogP contribution in [-0.4, -0.2) is 94.5 Å². The second-order valence-electron chi connectivity index (χ2n) is 13.4. The van der Waals surface area contributed by atoms with Gasteiger partial charge in [-0.1, -0.05) is 80.9 Å². The maximum Gasteiger partial charge on any atom is 0.318 e. The van der Waals surface area contributed by atoms with Gasteiger partial charge in [0.25, 0.3) is 0 Å². The normalized spacial score (nSPS) is 16.7. The number of urea groups is 1. The summed E-state index contributed by atoms with van der Waals surface area (Å²) in [5.41, 5.74) is 13.5. The van der Waals surface area contributed by atoms with Gasteiger partial charge in [-0.3, -0.25) is 19.2 Å². The number of nitrogens with zero attached hydrogens (tertiary/aromatic N) is 2. The number of Topliss-reactive ketones (excluding diaryl/α,β-unsaturated/α-hetero) is 1. The number of carbonyl (C=O) groups excluding carboxylic acids is 4.